The summed E-state index contributed by atoms with van der Waals surface area (Å²) in [5.74, 6) is 0. The molecule has 3 heteroatoms. The molecule has 0 unspecified atom stereocenters. The van der Waals surface area contributed by atoms with Crippen LogP contribution >= 0.6 is 0 Å². The lowest BCUT2D eigenvalue weighted by atomic mass is 9.96. The number of pyridine rings is 3. The van der Waals surface area contributed by atoms with Crippen molar-refractivity contribution in [3.63, 3.8) is 0 Å². The van der Waals surface area contributed by atoms with Crippen LogP contribution in [-0.4, -0.2) is 15.0 Å². The Morgan fingerprint density at radius 1 is 0.429 bits per heavy atom. The van der Waals surface area contributed by atoms with Crippen LogP contribution in [0.25, 0.3) is 44.9 Å². The van der Waals surface area contributed by atoms with Gasteiger partial charge in [-0.05, 0) is 52.6 Å². The highest BCUT2D eigenvalue weighted by Gasteiger charge is 2.17. The van der Waals surface area contributed by atoms with Crippen molar-refractivity contribution in [2.75, 3.05) is 0 Å². The van der Waals surface area contributed by atoms with Gasteiger partial charge in [-0.1, -0.05) is 54.6 Å². The second-order valence-corrected chi connectivity index (χ2v) is 6.57. The summed E-state index contributed by atoms with van der Waals surface area (Å²) in [4.78, 5) is 13.7. The number of aromatic nitrogens is 3. The summed E-state index contributed by atoms with van der Waals surface area (Å²) >= 11 is 0. The van der Waals surface area contributed by atoms with Crippen molar-refractivity contribution in [2.45, 2.75) is 0 Å². The van der Waals surface area contributed by atoms with Crippen LogP contribution in [0.5, 0.6) is 0 Å². The van der Waals surface area contributed by atoms with E-state index in [-0.39, 0.29) is 0 Å². The third-order valence-electron chi connectivity index (χ3n) is 4.85. The minimum Gasteiger partial charge on any atom is -0.256 e. The van der Waals surface area contributed by atoms with Crippen molar-refractivity contribution in [1.82, 2.24) is 15.0 Å². The molecule has 2 aliphatic rings. The maximum atomic E-state index is 4.69. The van der Waals surface area contributed by atoms with Gasteiger partial charge < -0.3 is 0 Å². The molecule has 0 atom stereocenters. The van der Waals surface area contributed by atoms with Gasteiger partial charge in [-0.3, -0.25) is 15.0 Å². The lowest BCUT2D eigenvalue weighted by Gasteiger charge is -2.12. The highest BCUT2D eigenvalue weighted by molar-refractivity contribution is 5.93. The fourth-order valence-corrected chi connectivity index (χ4v) is 3.51. The molecule has 3 aromatic rings. The van der Waals surface area contributed by atoms with E-state index in [0.717, 1.165) is 28.2 Å². The Hall–Kier alpha value is -3.85. The van der Waals surface area contributed by atoms with Crippen molar-refractivity contribution in [2.24, 2.45) is 0 Å². The van der Waals surface area contributed by atoms with E-state index in [1.54, 1.807) is 6.20 Å². The Bertz CT molecular complexity index is 1200. The first-order valence-corrected chi connectivity index (χ1v) is 9.21. The molecular formula is C25H17N3. The number of hydrogen-bond acceptors (Lipinski definition) is 3. The van der Waals surface area contributed by atoms with Gasteiger partial charge in [0.25, 0.3) is 0 Å². The molecule has 0 bridgehead atoms. The van der Waals surface area contributed by atoms with E-state index in [2.05, 4.69) is 63.5 Å². The second-order valence-electron chi connectivity index (χ2n) is 6.57. The maximum Gasteiger partial charge on any atom is 0.0892 e. The average molecular weight is 359 g/mol. The van der Waals surface area contributed by atoms with Crippen molar-refractivity contribution in [3.05, 3.63) is 104 Å². The first-order valence-electron chi connectivity index (χ1n) is 9.21. The maximum absolute atomic E-state index is 4.69. The Morgan fingerprint density at radius 3 is 1.96 bits per heavy atom. The number of rotatable bonds is 3. The summed E-state index contributed by atoms with van der Waals surface area (Å²) in [5, 5.41) is 0. The van der Waals surface area contributed by atoms with Crippen molar-refractivity contribution in [3.8, 4) is 44.9 Å². The van der Waals surface area contributed by atoms with Crippen LogP contribution in [-0.2, 0) is 0 Å². The minimum absolute atomic E-state index is 0.852. The van der Waals surface area contributed by atoms with E-state index in [1.807, 2.05) is 48.8 Å². The smallest absolute Gasteiger partial charge is 0.0892 e. The summed E-state index contributed by atoms with van der Waals surface area (Å²) in [5.41, 5.74) is 8.33. The lowest BCUT2D eigenvalue weighted by molar-refractivity contribution is 1.24. The molecule has 0 aromatic carbocycles. The van der Waals surface area contributed by atoms with Crippen molar-refractivity contribution < 1.29 is 0 Å². The van der Waals surface area contributed by atoms with E-state index in [0.29, 0.717) is 0 Å². The number of fused-ring (bicyclic) bond motifs is 1. The summed E-state index contributed by atoms with van der Waals surface area (Å²) in [6, 6.07) is 28.8. The summed E-state index contributed by atoms with van der Waals surface area (Å²) in [6.45, 7) is 0. The van der Waals surface area contributed by atoms with Crippen LogP contribution in [0.2, 0.25) is 0 Å². The molecule has 3 nitrogen and oxygen atoms in total. The lowest BCUT2D eigenvalue weighted by Crippen LogP contribution is -1.93. The van der Waals surface area contributed by atoms with Crippen LogP contribution in [0.4, 0.5) is 0 Å². The molecule has 3 aromatic heterocycles. The first-order chi connectivity index (χ1) is 13.9. The van der Waals surface area contributed by atoms with Gasteiger partial charge in [0.05, 0.1) is 17.1 Å². The Kier molecular flexibility index (Phi) is 4.11. The molecule has 0 saturated heterocycles. The second kappa shape index (κ2) is 7.05. The molecule has 2 aliphatic carbocycles. The van der Waals surface area contributed by atoms with Gasteiger partial charge in [0, 0.05) is 24.2 Å². The normalized spacial score (nSPS) is 10.9. The monoisotopic (exact) mass is 359 g/mol. The van der Waals surface area contributed by atoms with E-state index in [4.69, 9.17) is 0 Å². The zero-order chi connectivity index (χ0) is 18.8. The Morgan fingerprint density at radius 2 is 1.18 bits per heavy atom. The summed E-state index contributed by atoms with van der Waals surface area (Å²) < 4.78 is 0. The van der Waals surface area contributed by atoms with E-state index in [9.17, 15) is 0 Å². The molecule has 28 heavy (non-hydrogen) atoms. The van der Waals surface area contributed by atoms with Crippen LogP contribution in [0.15, 0.2) is 104 Å². The van der Waals surface area contributed by atoms with Crippen molar-refractivity contribution >= 4 is 0 Å². The predicted molar refractivity (Wildman–Crippen MR) is 113 cm³/mol. The molecule has 0 spiro atoms. The summed E-state index contributed by atoms with van der Waals surface area (Å²) in [6.07, 6.45) is 5.51. The summed E-state index contributed by atoms with van der Waals surface area (Å²) in [7, 11) is 0. The molecular weight excluding hydrogens is 342 g/mol. The number of hydrogen-bond donors (Lipinski definition) is 0. The highest BCUT2D eigenvalue weighted by Crippen LogP contribution is 2.40. The molecule has 5 rings (SSSR count). The largest absolute Gasteiger partial charge is 0.256 e. The zero-order valence-corrected chi connectivity index (χ0v) is 15.2. The molecule has 3 heterocycles. The van der Waals surface area contributed by atoms with Gasteiger partial charge in [0.1, 0.15) is 0 Å². The molecule has 0 fully saturated rings. The van der Waals surface area contributed by atoms with Crippen LogP contribution < -0.4 is 0 Å². The third-order valence-corrected chi connectivity index (χ3v) is 4.85. The van der Waals surface area contributed by atoms with Crippen LogP contribution in [0.1, 0.15) is 0 Å². The molecule has 0 saturated carbocycles. The van der Waals surface area contributed by atoms with Gasteiger partial charge in [-0.25, -0.2) is 0 Å². The van der Waals surface area contributed by atoms with Gasteiger partial charge in [-0.15, -0.1) is 0 Å². The molecule has 132 valence electrons. The quantitative estimate of drug-likeness (QED) is 0.398. The van der Waals surface area contributed by atoms with Gasteiger partial charge in [0.15, 0.2) is 0 Å². The third kappa shape index (κ3) is 2.93. The standard InChI is InChI=1S/C25H17N3/c1-2-8-18-12-13-20(19(18)9-3-1)21-16-25(24-11-5-7-15-27-24)28-17-22(21)23-10-4-6-14-26-23/h1-17H. The minimum atomic E-state index is 0.852. The SMILES string of the molecule is c1ccc2ccc(-c3cc(-c4ccccn4)ncc3-c3ccccn3)c-2cc1. The van der Waals surface area contributed by atoms with Crippen LogP contribution in [0.3, 0.4) is 0 Å². The molecule has 0 aliphatic heterocycles. The van der Waals surface area contributed by atoms with E-state index >= 15 is 0 Å². The predicted octanol–water partition coefficient (Wildman–Crippen LogP) is 5.98. The molecule has 0 radical (unpaired) electrons. The fraction of sp³-hybridized carbons (Fsp3) is 0. The Labute approximate surface area is 163 Å². The van der Waals surface area contributed by atoms with E-state index < -0.39 is 0 Å². The molecule has 0 amide bonds. The van der Waals surface area contributed by atoms with Gasteiger partial charge in [-0.2, -0.15) is 0 Å². The average Bonchev–Trinajstić information content (AvgIpc) is 3.02. The highest BCUT2D eigenvalue weighted by atomic mass is 14.8. The van der Waals surface area contributed by atoms with Gasteiger partial charge in [0.2, 0.25) is 0 Å². The van der Waals surface area contributed by atoms with E-state index in [1.165, 1.54) is 16.7 Å². The van der Waals surface area contributed by atoms with Crippen molar-refractivity contribution in [1.29, 1.82) is 0 Å². The van der Waals surface area contributed by atoms with Crippen LogP contribution in [0, 0.1) is 0 Å². The zero-order valence-electron chi connectivity index (χ0n) is 15.2. The number of nitrogens with zero attached hydrogens (tertiary/aromatic N) is 3. The first kappa shape index (κ1) is 16.3. The van der Waals surface area contributed by atoms with Gasteiger partial charge >= 0.3 is 0 Å². The Balaban J connectivity index is 1.76. The molecule has 0 N–H and O–H groups in total. The topological polar surface area (TPSA) is 38.7 Å². The fourth-order valence-electron chi connectivity index (χ4n) is 3.51.